The van der Waals surface area contributed by atoms with Crippen molar-refractivity contribution in [3.8, 4) is 0 Å². The predicted octanol–water partition coefficient (Wildman–Crippen LogP) is 2.43. The van der Waals surface area contributed by atoms with Crippen molar-refractivity contribution in [2.24, 2.45) is 0 Å². The summed E-state index contributed by atoms with van der Waals surface area (Å²) in [4.78, 5) is 11.6. The number of halogens is 1. The van der Waals surface area contributed by atoms with E-state index in [0.29, 0.717) is 23.7 Å². The van der Waals surface area contributed by atoms with Crippen molar-refractivity contribution in [2.45, 2.75) is 23.6 Å². The Labute approximate surface area is 135 Å². The number of hydrogen-bond donors (Lipinski definition) is 1. The van der Waals surface area contributed by atoms with E-state index in [1.54, 1.807) is 34.3 Å². The summed E-state index contributed by atoms with van der Waals surface area (Å²) in [7, 11) is -3.38. The summed E-state index contributed by atoms with van der Waals surface area (Å²) in [5, 5.41) is 1.73. The summed E-state index contributed by atoms with van der Waals surface area (Å²) in [6.45, 7) is 0.933. The molecule has 0 aliphatic rings. The number of pyridine rings is 1. The van der Waals surface area contributed by atoms with Crippen molar-refractivity contribution in [2.75, 3.05) is 6.54 Å². The van der Waals surface area contributed by atoms with Crippen LogP contribution in [-0.2, 0) is 16.6 Å². The monoisotopic (exact) mass is 390 g/mol. The lowest BCUT2D eigenvalue weighted by molar-refractivity contribution is 0.563. The first-order chi connectivity index (χ1) is 9.99. The van der Waals surface area contributed by atoms with Crippen LogP contribution in [0.15, 0.2) is 49.3 Å². The molecule has 2 heterocycles. The lowest BCUT2D eigenvalue weighted by Gasteiger charge is -2.07. The molecule has 0 saturated carbocycles. The third-order valence-corrected chi connectivity index (χ3v) is 6.15. The van der Waals surface area contributed by atoms with Crippen LogP contribution in [0, 0.1) is 0 Å². The number of rotatable bonds is 7. The molecule has 0 fully saturated rings. The van der Waals surface area contributed by atoms with E-state index in [1.165, 1.54) is 17.4 Å². The standard InChI is InChI=1S/C13H15BrN2O3S2/c14-11-5-6-12(17)16(10-11)8-2-1-7-15-21(18,19)13-4-3-9-20-13/h3-6,9-10,15H,1-2,7-8H2. The van der Waals surface area contributed by atoms with Gasteiger partial charge in [0.1, 0.15) is 4.21 Å². The van der Waals surface area contributed by atoms with Crippen LogP contribution in [-0.4, -0.2) is 19.5 Å². The van der Waals surface area contributed by atoms with Gasteiger partial charge in [0, 0.05) is 29.8 Å². The van der Waals surface area contributed by atoms with E-state index < -0.39 is 10.0 Å². The maximum absolute atomic E-state index is 11.9. The molecule has 0 aliphatic heterocycles. The highest BCUT2D eigenvalue weighted by Crippen LogP contribution is 2.15. The molecule has 0 bridgehead atoms. The van der Waals surface area contributed by atoms with Gasteiger partial charge in [-0.1, -0.05) is 6.07 Å². The number of thiophene rings is 1. The summed E-state index contributed by atoms with van der Waals surface area (Å²) in [5.74, 6) is 0. The van der Waals surface area contributed by atoms with Crippen LogP contribution in [0.25, 0.3) is 0 Å². The lowest BCUT2D eigenvalue weighted by Crippen LogP contribution is -2.24. The van der Waals surface area contributed by atoms with Gasteiger partial charge in [0.25, 0.3) is 5.56 Å². The maximum atomic E-state index is 11.9. The van der Waals surface area contributed by atoms with Gasteiger partial charge in [0.2, 0.25) is 10.0 Å². The first-order valence-electron chi connectivity index (χ1n) is 6.38. The Hall–Kier alpha value is -0.960. The number of aryl methyl sites for hydroxylation is 1. The molecule has 2 aromatic rings. The minimum Gasteiger partial charge on any atom is -0.314 e. The van der Waals surface area contributed by atoms with Gasteiger partial charge in [-0.3, -0.25) is 4.79 Å². The molecular weight excluding hydrogens is 376 g/mol. The molecule has 0 spiro atoms. The van der Waals surface area contributed by atoms with Crippen molar-refractivity contribution in [3.05, 3.63) is 50.7 Å². The third kappa shape index (κ3) is 4.77. The molecule has 21 heavy (non-hydrogen) atoms. The topological polar surface area (TPSA) is 68.2 Å². The number of hydrogen-bond acceptors (Lipinski definition) is 4. The van der Waals surface area contributed by atoms with E-state index in [0.717, 1.165) is 10.9 Å². The fourth-order valence-corrected chi connectivity index (χ4v) is 4.27. The number of aromatic nitrogens is 1. The van der Waals surface area contributed by atoms with Crippen LogP contribution in [0.2, 0.25) is 0 Å². The van der Waals surface area contributed by atoms with E-state index in [9.17, 15) is 13.2 Å². The van der Waals surface area contributed by atoms with Crippen molar-refractivity contribution in [1.82, 2.24) is 9.29 Å². The first-order valence-corrected chi connectivity index (χ1v) is 9.54. The highest BCUT2D eigenvalue weighted by atomic mass is 79.9. The Morgan fingerprint density at radius 1 is 1.24 bits per heavy atom. The Bertz CT molecular complexity index is 739. The Kier molecular flexibility index (Phi) is 5.74. The van der Waals surface area contributed by atoms with Crippen molar-refractivity contribution in [1.29, 1.82) is 0 Å². The average molecular weight is 391 g/mol. The zero-order valence-corrected chi connectivity index (χ0v) is 14.4. The highest BCUT2D eigenvalue weighted by molar-refractivity contribution is 9.10. The SMILES string of the molecule is O=c1ccc(Br)cn1CCCCNS(=O)(=O)c1cccs1. The van der Waals surface area contributed by atoms with Gasteiger partial charge in [-0.2, -0.15) is 0 Å². The summed E-state index contributed by atoms with van der Waals surface area (Å²) in [5.41, 5.74) is -0.0580. The predicted molar refractivity (Wildman–Crippen MR) is 87.1 cm³/mol. The Morgan fingerprint density at radius 3 is 2.76 bits per heavy atom. The summed E-state index contributed by atoms with van der Waals surface area (Å²) < 4.78 is 29.1. The second-order valence-electron chi connectivity index (χ2n) is 4.42. The minimum atomic E-state index is -3.38. The highest BCUT2D eigenvalue weighted by Gasteiger charge is 2.13. The van der Waals surface area contributed by atoms with E-state index in [4.69, 9.17) is 0 Å². The van der Waals surface area contributed by atoms with Crippen LogP contribution >= 0.6 is 27.3 Å². The van der Waals surface area contributed by atoms with Crippen LogP contribution in [0.4, 0.5) is 0 Å². The zero-order chi connectivity index (χ0) is 15.3. The summed E-state index contributed by atoms with van der Waals surface area (Å²) in [6, 6.07) is 6.49. The number of sulfonamides is 1. The van der Waals surface area contributed by atoms with Crippen molar-refractivity contribution < 1.29 is 8.42 Å². The molecular formula is C13H15BrN2O3S2. The second kappa shape index (κ2) is 7.35. The fourth-order valence-electron chi connectivity index (χ4n) is 1.78. The molecule has 0 amide bonds. The molecule has 2 rings (SSSR count). The zero-order valence-electron chi connectivity index (χ0n) is 11.2. The third-order valence-electron chi connectivity index (χ3n) is 2.83. The van der Waals surface area contributed by atoms with Crippen LogP contribution in [0.3, 0.4) is 0 Å². The van der Waals surface area contributed by atoms with Crippen LogP contribution in [0.1, 0.15) is 12.8 Å². The van der Waals surface area contributed by atoms with Gasteiger partial charge in [-0.25, -0.2) is 13.1 Å². The Morgan fingerprint density at radius 2 is 2.05 bits per heavy atom. The molecule has 8 heteroatoms. The van der Waals surface area contributed by atoms with Gasteiger partial charge < -0.3 is 4.57 Å². The molecule has 1 N–H and O–H groups in total. The molecule has 2 aromatic heterocycles. The quantitative estimate of drug-likeness (QED) is 0.738. The van der Waals surface area contributed by atoms with Crippen LogP contribution in [0.5, 0.6) is 0 Å². The summed E-state index contributed by atoms with van der Waals surface area (Å²) in [6.07, 6.45) is 3.13. The maximum Gasteiger partial charge on any atom is 0.250 e. The normalized spacial score (nSPS) is 11.7. The number of unbranched alkanes of at least 4 members (excludes halogenated alkanes) is 1. The molecule has 114 valence electrons. The minimum absolute atomic E-state index is 0.0580. The molecule has 0 saturated heterocycles. The molecule has 0 atom stereocenters. The molecule has 5 nitrogen and oxygen atoms in total. The largest absolute Gasteiger partial charge is 0.314 e. The van der Waals surface area contributed by atoms with Gasteiger partial charge in [-0.15, -0.1) is 11.3 Å². The Balaban J connectivity index is 1.78. The smallest absolute Gasteiger partial charge is 0.250 e. The van der Waals surface area contributed by atoms with E-state index in [2.05, 4.69) is 20.7 Å². The molecule has 0 unspecified atom stereocenters. The molecule has 0 radical (unpaired) electrons. The fraction of sp³-hybridized carbons (Fsp3) is 0.308. The van der Waals surface area contributed by atoms with E-state index >= 15 is 0 Å². The van der Waals surface area contributed by atoms with E-state index in [-0.39, 0.29) is 5.56 Å². The lowest BCUT2D eigenvalue weighted by atomic mass is 10.3. The average Bonchev–Trinajstić information content (AvgIpc) is 2.97. The number of nitrogens with zero attached hydrogens (tertiary/aromatic N) is 1. The van der Waals surface area contributed by atoms with Gasteiger partial charge in [-0.05, 0) is 46.3 Å². The van der Waals surface area contributed by atoms with E-state index in [1.807, 2.05) is 0 Å². The van der Waals surface area contributed by atoms with Crippen molar-refractivity contribution in [3.63, 3.8) is 0 Å². The van der Waals surface area contributed by atoms with Crippen molar-refractivity contribution >= 4 is 37.3 Å². The molecule has 0 aliphatic carbocycles. The second-order valence-corrected chi connectivity index (χ2v) is 8.27. The molecule has 0 aromatic carbocycles. The van der Waals surface area contributed by atoms with Gasteiger partial charge in [0.05, 0.1) is 0 Å². The van der Waals surface area contributed by atoms with Gasteiger partial charge >= 0.3 is 0 Å². The van der Waals surface area contributed by atoms with Gasteiger partial charge in [0.15, 0.2) is 0 Å². The summed E-state index contributed by atoms with van der Waals surface area (Å²) >= 11 is 4.51. The van der Waals surface area contributed by atoms with Crippen LogP contribution < -0.4 is 10.3 Å². The number of nitrogens with one attached hydrogen (secondary N) is 1. The first kappa shape index (κ1) is 16.4.